The molecule has 24 heavy (non-hydrogen) atoms. The maximum atomic E-state index is 12.9. The Morgan fingerprint density at radius 1 is 0.875 bits per heavy atom. The van der Waals surface area contributed by atoms with Crippen molar-refractivity contribution in [3.8, 4) is 0 Å². The van der Waals surface area contributed by atoms with Crippen molar-refractivity contribution < 1.29 is 9.59 Å². The number of rotatable bonds is 3. The van der Waals surface area contributed by atoms with Gasteiger partial charge in [0.25, 0.3) is 0 Å². The van der Waals surface area contributed by atoms with Crippen molar-refractivity contribution in [3.05, 3.63) is 89.7 Å². The molecule has 0 saturated carbocycles. The zero-order valence-corrected chi connectivity index (χ0v) is 13.2. The molecular weight excluding hydrogens is 298 g/mol. The first-order valence-corrected chi connectivity index (χ1v) is 7.80. The first-order chi connectivity index (χ1) is 11.7. The van der Waals surface area contributed by atoms with Crippen LogP contribution in [0.4, 0.5) is 0 Å². The average molecular weight is 313 g/mol. The molecule has 0 radical (unpaired) electrons. The molecular formula is C21H15NO2. The molecule has 116 valence electrons. The second kappa shape index (κ2) is 5.46. The molecule has 2 aromatic carbocycles. The third kappa shape index (κ3) is 2.14. The molecule has 3 nitrogen and oxygen atoms in total. The van der Waals surface area contributed by atoms with E-state index in [9.17, 15) is 9.59 Å². The summed E-state index contributed by atoms with van der Waals surface area (Å²) < 4.78 is 1.83. The van der Waals surface area contributed by atoms with Crippen LogP contribution in [0, 0.1) is 0 Å². The van der Waals surface area contributed by atoms with Crippen LogP contribution in [-0.4, -0.2) is 16.0 Å². The van der Waals surface area contributed by atoms with Gasteiger partial charge in [-0.2, -0.15) is 0 Å². The molecule has 0 bridgehead atoms. The third-order valence-electron chi connectivity index (χ3n) is 4.30. The van der Waals surface area contributed by atoms with Gasteiger partial charge in [-0.1, -0.05) is 54.6 Å². The van der Waals surface area contributed by atoms with Crippen LogP contribution < -0.4 is 0 Å². The molecule has 0 unspecified atom stereocenters. The normalized spacial score (nSPS) is 11.0. The van der Waals surface area contributed by atoms with E-state index in [1.165, 1.54) is 6.92 Å². The van der Waals surface area contributed by atoms with Crippen LogP contribution in [0.2, 0.25) is 0 Å². The molecule has 2 aromatic heterocycles. The summed E-state index contributed by atoms with van der Waals surface area (Å²) in [6.07, 6.45) is 1.86. The van der Waals surface area contributed by atoms with Gasteiger partial charge < -0.3 is 4.40 Å². The lowest BCUT2D eigenvalue weighted by atomic mass is 10.1. The topological polar surface area (TPSA) is 38.5 Å². The van der Waals surface area contributed by atoms with Crippen LogP contribution in [0.1, 0.15) is 33.3 Å². The molecule has 0 N–H and O–H groups in total. The van der Waals surface area contributed by atoms with Crippen molar-refractivity contribution in [1.29, 1.82) is 0 Å². The van der Waals surface area contributed by atoms with Gasteiger partial charge in [-0.25, -0.2) is 0 Å². The van der Waals surface area contributed by atoms with Gasteiger partial charge in [-0.05, 0) is 24.4 Å². The molecule has 0 aliphatic heterocycles. The number of fused-ring (bicyclic) bond motifs is 3. The predicted molar refractivity (Wildman–Crippen MR) is 94.8 cm³/mol. The third-order valence-corrected chi connectivity index (χ3v) is 4.30. The molecule has 0 aliphatic carbocycles. The van der Waals surface area contributed by atoms with Gasteiger partial charge in [-0.3, -0.25) is 9.59 Å². The zero-order valence-electron chi connectivity index (χ0n) is 13.2. The summed E-state index contributed by atoms with van der Waals surface area (Å²) in [5.41, 5.74) is 2.48. The Bertz CT molecular complexity index is 1090. The van der Waals surface area contributed by atoms with Crippen molar-refractivity contribution >= 4 is 27.9 Å². The Morgan fingerprint density at radius 3 is 2.33 bits per heavy atom. The largest absolute Gasteiger partial charge is 0.312 e. The lowest BCUT2D eigenvalue weighted by molar-refractivity contribution is 0.101. The van der Waals surface area contributed by atoms with E-state index in [1.54, 1.807) is 18.2 Å². The highest BCUT2D eigenvalue weighted by atomic mass is 16.1. The van der Waals surface area contributed by atoms with Gasteiger partial charge in [0.15, 0.2) is 5.78 Å². The Balaban J connectivity index is 2.06. The molecule has 2 heterocycles. The van der Waals surface area contributed by atoms with E-state index >= 15 is 0 Å². The smallest absolute Gasteiger partial charge is 0.209 e. The van der Waals surface area contributed by atoms with Crippen molar-refractivity contribution in [2.75, 3.05) is 0 Å². The Labute approximate surface area is 139 Å². The van der Waals surface area contributed by atoms with Gasteiger partial charge in [-0.15, -0.1) is 0 Å². The summed E-state index contributed by atoms with van der Waals surface area (Å²) in [5.74, 6) is -0.135. The van der Waals surface area contributed by atoms with E-state index in [0.29, 0.717) is 16.8 Å². The van der Waals surface area contributed by atoms with Crippen molar-refractivity contribution in [2.24, 2.45) is 0 Å². The highest BCUT2D eigenvalue weighted by Crippen LogP contribution is 2.27. The van der Waals surface area contributed by atoms with E-state index in [0.717, 1.165) is 16.3 Å². The molecule has 0 aliphatic rings. The van der Waals surface area contributed by atoms with Crippen LogP contribution in [0.5, 0.6) is 0 Å². The first-order valence-electron chi connectivity index (χ1n) is 7.80. The number of pyridine rings is 1. The highest BCUT2D eigenvalue weighted by Gasteiger charge is 2.20. The van der Waals surface area contributed by atoms with E-state index in [-0.39, 0.29) is 11.6 Å². The van der Waals surface area contributed by atoms with Crippen LogP contribution in [0.25, 0.3) is 16.3 Å². The summed E-state index contributed by atoms with van der Waals surface area (Å²) in [6, 6.07) is 20.7. The van der Waals surface area contributed by atoms with Crippen LogP contribution in [0.3, 0.4) is 0 Å². The van der Waals surface area contributed by atoms with E-state index < -0.39 is 0 Å². The monoisotopic (exact) mass is 313 g/mol. The second-order valence-corrected chi connectivity index (χ2v) is 5.82. The molecule has 4 rings (SSSR count). The lowest BCUT2D eigenvalue weighted by Gasteiger charge is -2.06. The maximum absolute atomic E-state index is 12.9. The number of benzene rings is 2. The van der Waals surface area contributed by atoms with Crippen molar-refractivity contribution in [2.45, 2.75) is 6.92 Å². The lowest BCUT2D eigenvalue weighted by Crippen LogP contribution is -2.04. The van der Waals surface area contributed by atoms with Gasteiger partial charge in [0.2, 0.25) is 5.78 Å². The number of hydrogen-bond acceptors (Lipinski definition) is 2. The van der Waals surface area contributed by atoms with Crippen molar-refractivity contribution in [3.63, 3.8) is 0 Å². The molecule has 0 fully saturated rings. The fourth-order valence-corrected chi connectivity index (χ4v) is 3.15. The summed E-state index contributed by atoms with van der Waals surface area (Å²) in [4.78, 5) is 25.1. The minimum absolute atomic E-state index is 0.0454. The molecule has 0 saturated heterocycles. The molecule has 3 heteroatoms. The number of ketones is 2. The number of hydrogen-bond donors (Lipinski definition) is 0. The van der Waals surface area contributed by atoms with Gasteiger partial charge >= 0.3 is 0 Å². The van der Waals surface area contributed by atoms with E-state index in [4.69, 9.17) is 0 Å². The minimum Gasteiger partial charge on any atom is -0.312 e. The zero-order chi connectivity index (χ0) is 16.7. The maximum Gasteiger partial charge on any atom is 0.209 e. The number of Topliss-reactive ketones (excluding diaryl/α,β-unsaturated/α-hetero) is 1. The Morgan fingerprint density at radius 2 is 1.58 bits per heavy atom. The van der Waals surface area contributed by atoms with E-state index in [1.807, 2.05) is 59.1 Å². The molecule has 0 spiro atoms. The predicted octanol–water partition coefficient (Wildman–Crippen LogP) is 4.53. The minimum atomic E-state index is -0.0895. The second-order valence-electron chi connectivity index (χ2n) is 5.82. The molecule has 4 aromatic rings. The Kier molecular flexibility index (Phi) is 3.28. The van der Waals surface area contributed by atoms with Crippen LogP contribution in [-0.2, 0) is 0 Å². The van der Waals surface area contributed by atoms with Gasteiger partial charge in [0, 0.05) is 22.7 Å². The van der Waals surface area contributed by atoms with E-state index in [2.05, 4.69) is 0 Å². The fraction of sp³-hybridized carbons (Fsp3) is 0.0476. The van der Waals surface area contributed by atoms with Crippen LogP contribution >= 0.6 is 0 Å². The number of carbonyl (C=O) groups excluding carboxylic acids is 2. The van der Waals surface area contributed by atoms with Crippen LogP contribution in [0.15, 0.2) is 72.9 Å². The molecule has 0 atom stereocenters. The summed E-state index contributed by atoms with van der Waals surface area (Å²) in [6.45, 7) is 1.54. The quantitative estimate of drug-likeness (QED) is 0.521. The number of aromatic nitrogens is 1. The van der Waals surface area contributed by atoms with Gasteiger partial charge in [0.1, 0.15) is 0 Å². The highest BCUT2D eigenvalue weighted by molar-refractivity contribution is 6.15. The number of carbonyl (C=O) groups is 2. The summed E-state index contributed by atoms with van der Waals surface area (Å²) in [5, 5.41) is 2.02. The standard InChI is InChI=1S/C21H15NO2/c1-14(23)18-13-19(21(24)16-8-3-2-4-9-16)22-12-11-15-7-5-6-10-17(15)20(18)22/h2-13H,1H3. The van der Waals surface area contributed by atoms with Gasteiger partial charge in [0.05, 0.1) is 11.2 Å². The Hall–Kier alpha value is -3.20. The average Bonchev–Trinajstić information content (AvgIpc) is 3.02. The fourth-order valence-electron chi connectivity index (χ4n) is 3.15. The SMILES string of the molecule is CC(=O)c1cc(C(=O)c2ccccc2)n2ccc3ccccc3c12. The first kappa shape index (κ1) is 14.4. The number of nitrogens with zero attached hydrogens (tertiary/aromatic N) is 1. The summed E-state index contributed by atoms with van der Waals surface area (Å²) in [7, 11) is 0. The van der Waals surface area contributed by atoms with Crippen molar-refractivity contribution in [1.82, 2.24) is 4.40 Å². The summed E-state index contributed by atoms with van der Waals surface area (Å²) >= 11 is 0. The molecule has 0 amide bonds.